The predicted molar refractivity (Wildman–Crippen MR) is 60.1 cm³/mol. The highest BCUT2D eigenvalue weighted by Crippen LogP contribution is 2.32. The van der Waals surface area contributed by atoms with Gasteiger partial charge in [-0.2, -0.15) is 5.10 Å². The lowest BCUT2D eigenvalue weighted by Gasteiger charge is -2.02. The maximum atomic E-state index is 11.0. The Bertz CT molecular complexity index is 452. The smallest absolute Gasteiger partial charge is 0.334 e. The minimum atomic E-state index is -1.09. The Hall–Kier alpha value is -2.12. The van der Waals surface area contributed by atoms with Crippen molar-refractivity contribution < 1.29 is 14.8 Å². The molecule has 94 valence electrons. The van der Waals surface area contributed by atoms with E-state index < -0.39 is 17.4 Å². The first-order valence-corrected chi connectivity index (χ1v) is 5.01. The Morgan fingerprint density at radius 2 is 2.24 bits per heavy atom. The van der Waals surface area contributed by atoms with Crippen molar-refractivity contribution in [1.82, 2.24) is 9.78 Å². The van der Waals surface area contributed by atoms with Crippen LogP contribution in [0.15, 0.2) is 0 Å². The van der Waals surface area contributed by atoms with Gasteiger partial charge in [-0.25, -0.2) is 4.68 Å². The summed E-state index contributed by atoms with van der Waals surface area (Å²) in [6.45, 7) is 3.19. The number of hydrogen-bond donors (Lipinski definition) is 2. The zero-order valence-electron chi connectivity index (χ0n) is 9.80. The van der Waals surface area contributed by atoms with Crippen LogP contribution in [0.1, 0.15) is 25.5 Å². The molecule has 0 fully saturated rings. The van der Waals surface area contributed by atoms with E-state index in [0.29, 0.717) is 5.69 Å². The molecule has 0 aliphatic rings. The standard InChI is InChI=1S/C9H14N4O4/c1-5(2)7-8(13(16)17)9(12(3)11-7)10-4-6(14)15/h5,10H,4H2,1-3H3,(H,14,15). The van der Waals surface area contributed by atoms with Crippen LogP contribution in [0.2, 0.25) is 0 Å². The van der Waals surface area contributed by atoms with Gasteiger partial charge >= 0.3 is 11.7 Å². The fourth-order valence-corrected chi connectivity index (χ4v) is 1.46. The molecule has 8 nitrogen and oxygen atoms in total. The molecule has 8 heteroatoms. The summed E-state index contributed by atoms with van der Waals surface area (Å²) >= 11 is 0. The van der Waals surface area contributed by atoms with Gasteiger partial charge in [0.1, 0.15) is 12.2 Å². The summed E-state index contributed by atoms with van der Waals surface area (Å²) in [4.78, 5) is 20.9. The fraction of sp³-hybridized carbons (Fsp3) is 0.556. The summed E-state index contributed by atoms with van der Waals surface area (Å²) in [5.74, 6) is -1.09. The summed E-state index contributed by atoms with van der Waals surface area (Å²) < 4.78 is 1.29. The van der Waals surface area contributed by atoms with E-state index in [1.165, 1.54) is 11.7 Å². The van der Waals surface area contributed by atoms with E-state index in [1.807, 2.05) is 0 Å². The van der Waals surface area contributed by atoms with Gasteiger partial charge in [-0.15, -0.1) is 0 Å². The SMILES string of the molecule is CC(C)c1nn(C)c(NCC(=O)O)c1[N+](=O)[O-]. The number of carboxylic acids is 1. The van der Waals surface area contributed by atoms with Gasteiger partial charge in [0.15, 0.2) is 0 Å². The van der Waals surface area contributed by atoms with Crippen LogP contribution >= 0.6 is 0 Å². The fourth-order valence-electron chi connectivity index (χ4n) is 1.46. The minimum Gasteiger partial charge on any atom is -0.480 e. The third-order valence-electron chi connectivity index (χ3n) is 2.18. The number of nitro groups is 1. The molecular weight excluding hydrogens is 228 g/mol. The Morgan fingerprint density at radius 1 is 1.65 bits per heavy atom. The van der Waals surface area contributed by atoms with E-state index in [4.69, 9.17) is 5.11 Å². The summed E-state index contributed by atoms with van der Waals surface area (Å²) in [6, 6.07) is 0. The van der Waals surface area contributed by atoms with Crippen LogP contribution in [0.4, 0.5) is 11.5 Å². The molecule has 0 aliphatic heterocycles. The van der Waals surface area contributed by atoms with E-state index in [-0.39, 0.29) is 17.4 Å². The molecule has 0 amide bonds. The molecule has 1 heterocycles. The largest absolute Gasteiger partial charge is 0.480 e. The molecule has 0 aromatic carbocycles. The highest BCUT2D eigenvalue weighted by Gasteiger charge is 2.28. The number of aromatic nitrogens is 2. The van der Waals surface area contributed by atoms with Gasteiger partial charge in [-0.3, -0.25) is 14.9 Å². The van der Waals surface area contributed by atoms with Crippen molar-refractivity contribution in [3.8, 4) is 0 Å². The van der Waals surface area contributed by atoms with Crippen molar-refractivity contribution in [2.75, 3.05) is 11.9 Å². The molecule has 0 saturated carbocycles. The lowest BCUT2D eigenvalue weighted by atomic mass is 10.1. The first-order valence-electron chi connectivity index (χ1n) is 5.01. The molecule has 2 N–H and O–H groups in total. The average Bonchev–Trinajstić information content (AvgIpc) is 2.52. The van der Waals surface area contributed by atoms with Gasteiger partial charge in [-0.05, 0) is 0 Å². The van der Waals surface area contributed by atoms with Gasteiger partial charge in [-0.1, -0.05) is 13.8 Å². The van der Waals surface area contributed by atoms with E-state index in [2.05, 4.69) is 10.4 Å². The first-order chi connectivity index (χ1) is 7.84. The lowest BCUT2D eigenvalue weighted by Crippen LogP contribution is -2.15. The van der Waals surface area contributed by atoms with Crippen molar-refractivity contribution >= 4 is 17.5 Å². The molecule has 0 saturated heterocycles. The first kappa shape index (κ1) is 12.9. The second-order valence-corrected chi connectivity index (χ2v) is 3.87. The molecule has 0 unspecified atom stereocenters. The number of nitrogens with zero attached hydrogens (tertiary/aromatic N) is 3. The van der Waals surface area contributed by atoms with Gasteiger partial charge in [0.2, 0.25) is 5.82 Å². The van der Waals surface area contributed by atoms with Gasteiger partial charge < -0.3 is 10.4 Å². The molecule has 0 atom stereocenters. The zero-order valence-corrected chi connectivity index (χ0v) is 9.80. The van der Waals surface area contributed by atoms with Crippen molar-refractivity contribution in [2.24, 2.45) is 7.05 Å². The molecular formula is C9H14N4O4. The van der Waals surface area contributed by atoms with Crippen molar-refractivity contribution in [2.45, 2.75) is 19.8 Å². The number of aryl methyl sites for hydroxylation is 1. The highest BCUT2D eigenvalue weighted by molar-refractivity contribution is 5.74. The Labute approximate surface area is 97.4 Å². The maximum absolute atomic E-state index is 11.0. The van der Waals surface area contributed by atoms with Crippen LogP contribution in [0, 0.1) is 10.1 Å². The molecule has 0 radical (unpaired) electrons. The van der Waals surface area contributed by atoms with Gasteiger partial charge in [0.05, 0.1) is 4.92 Å². The summed E-state index contributed by atoms with van der Waals surface area (Å²) in [6.07, 6.45) is 0. The summed E-state index contributed by atoms with van der Waals surface area (Å²) in [5, 5.41) is 26.0. The zero-order chi connectivity index (χ0) is 13.2. The number of aliphatic carboxylic acids is 1. The highest BCUT2D eigenvalue weighted by atomic mass is 16.6. The molecule has 0 aliphatic carbocycles. The van der Waals surface area contributed by atoms with Crippen LogP contribution in [-0.4, -0.2) is 32.3 Å². The van der Waals surface area contributed by atoms with Crippen LogP contribution < -0.4 is 5.32 Å². The Balaban J connectivity index is 3.18. The van der Waals surface area contributed by atoms with Crippen molar-refractivity contribution in [3.63, 3.8) is 0 Å². The normalized spacial score (nSPS) is 10.6. The van der Waals surface area contributed by atoms with Crippen LogP contribution in [0.3, 0.4) is 0 Å². The Morgan fingerprint density at radius 3 is 2.65 bits per heavy atom. The van der Waals surface area contributed by atoms with E-state index >= 15 is 0 Å². The number of nitrogens with one attached hydrogen (secondary N) is 1. The molecule has 17 heavy (non-hydrogen) atoms. The maximum Gasteiger partial charge on any atom is 0.334 e. The van der Waals surface area contributed by atoms with E-state index in [1.54, 1.807) is 13.8 Å². The number of hydrogen-bond acceptors (Lipinski definition) is 5. The van der Waals surface area contributed by atoms with Crippen LogP contribution in [0.25, 0.3) is 0 Å². The monoisotopic (exact) mass is 242 g/mol. The number of carboxylic acid groups (broad SMARTS) is 1. The predicted octanol–water partition coefficient (Wildman–Crippen LogP) is 0.948. The number of carbonyl (C=O) groups is 1. The topological polar surface area (TPSA) is 110 Å². The number of rotatable bonds is 5. The van der Waals surface area contributed by atoms with E-state index in [0.717, 1.165) is 0 Å². The van der Waals surface area contributed by atoms with Crippen LogP contribution in [-0.2, 0) is 11.8 Å². The molecule has 1 rings (SSSR count). The Kier molecular flexibility index (Phi) is 3.66. The van der Waals surface area contributed by atoms with Crippen LogP contribution in [0.5, 0.6) is 0 Å². The van der Waals surface area contributed by atoms with Gasteiger partial charge in [0, 0.05) is 13.0 Å². The third kappa shape index (κ3) is 2.71. The average molecular weight is 242 g/mol. The van der Waals surface area contributed by atoms with E-state index in [9.17, 15) is 14.9 Å². The molecule has 0 spiro atoms. The summed E-state index contributed by atoms with van der Waals surface area (Å²) in [7, 11) is 1.53. The molecule has 1 aromatic heterocycles. The van der Waals surface area contributed by atoms with Crippen molar-refractivity contribution in [1.29, 1.82) is 0 Å². The number of anilines is 1. The third-order valence-corrected chi connectivity index (χ3v) is 2.18. The second-order valence-electron chi connectivity index (χ2n) is 3.87. The van der Waals surface area contributed by atoms with Crippen molar-refractivity contribution in [3.05, 3.63) is 15.8 Å². The molecule has 1 aromatic rings. The molecule has 0 bridgehead atoms. The summed E-state index contributed by atoms with van der Waals surface area (Å²) in [5.41, 5.74) is 0.175. The van der Waals surface area contributed by atoms with Gasteiger partial charge in [0.25, 0.3) is 0 Å². The second kappa shape index (κ2) is 4.81. The quantitative estimate of drug-likeness (QED) is 0.587. The minimum absolute atomic E-state index is 0.109. The lowest BCUT2D eigenvalue weighted by molar-refractivity contribution is -0.384.